The van der Waals surface area contributed by atoms with Crippen molar-refractivity contribution in [1.82, 2.24) is 14.6 Å². The Morgan fingerprint density at radius 1 is 1.21 bits per heavy atom. The van der Waals surface area contributed by atoms with E-state index in [1.807, 2.05) is 34.9 Å². The SMILES string of the molecule is OCc1cc(Cl)ccc1Sc1nnc2ccccn12. The standard InChI is InChI=1S/C13H10ClN3OS/c14-10-4-5-11(9(7-10)8-18)19-13-16-15-12-3-1-2-6-17(12)13/h1-7,18H,8H2. The first-order valence-corrected chi connectivity index (χ1v) is 6.84. The van der Waals surface area contributed by atoms with E-state index in [1.54, 1.807) is 12.1 Å². The van der Waals surface area contributed by atoms with E-state index in [0.29, 0.717) is 5.02 Å². The average molecular weight is 292 g/mol. The summed E-state index contributed by atoms with van der Waals surface area (Å²) in [5.41, 5.74) is 1.58. The maximum Gasteiger partial charge on any atom is 0.200 e. The zero-order valence-electron chi connectivity index (χ0n) is 9.82. The lowest BCUT2D eigenvalue weighted by Crippen LogP contribution is -1.90. The predicted octanol–water partition coefficient (Wildman–Crippen LogP) is 3.03. The molecule has 96 valence electrons. The Bertz CT molecular complexity index is 729. The molecule has 0 aliphatic rings. The van der Waals surface area contributed by atoms with Crippen molar-refractivity contribution in [3.8, 4) is 0 Å². The van der Waals surface area contributed by atoms with Gasteiger partial charge in [0.1, 0.15) is 0 Å². The summed E-state index contributed by atoms with van der Waals surface area (Å²) in [5, 5.41) is 19.0. The van der Waals surface area contributed by atoms with Gasteiger partial charge < -0.3 is 5.11 Å². The number of hydrogen-bond donors (Lipinski definition) is 1. The fourth-order valence-corrected chi connectivity index (χ4v) is 2.88. The highest BCUT2D eigenvalue weighted by atomic mass is 35.5. The minimum absolute atomic E-state index is 0.0559. The van der Waals surface area contributed by atoms with Gasteiger partial charge in [0.05, 0.1) is 6.61 Å². The fraction of sp³-hybridized carbons (Fsp3) is 0.0769. The van der Waals surface area contributed by atoms with E-state index in [0.717, 1.165) is 21.3 Å². The van der Waals surface area contributed by atoms with E-state index in [9.17, 15) is 5.11 Å². The van der Waals surface area contributed by atoms with Gasteiger partial charge in [-0.2, -0.15) is 0 Å². The number of benzene rings is 1. The topological polar surface area (TPSA) is 50.4 Å². The molecule has 0 unspecified atom stereocenters. The molecule has 19 heavy (non-hydrogen) atoms. The lowest BCUT2D eigenvalue weighted by Gasteiger charge is -2.06. The summed E-state index contributed by atoms with van der Waals surface area (Å²) < 4.78 is 1.90. The molecule has 0 saturated heterocycles. The second-order valence-corrected chi connectivity index (χ2v) is 5.37. The summed E-state index contributed by atoms with van der Waals surface area (Å²) in [7, 11) is 0. The van der Waals surface area contributed by atoms with Crippen molar-refractivity contribution in [3.63, 3.8) is 0 Å². The lowest BCUT2D eigenvalue weighted by molar-refractivity contribution is 0.279. The molecular formula is C13H10ClN3OS. The monoisotopic (exact) mass is 291 g/mol. The van der Waals surface area contributed by atoms with Crippen LogP contribution in [0, 0.1) is 0 Å². The molecule has 0 amide bonds. The van der Waals surface area contributed by atoms with E-state index in [1.165, 1.54) is 11.8 Å². The molecule has 3 aromatic rings. The molecule has 0 bridgehead atoms. The Morgan fingerprint density at radius 3 is 2.95 bits per heavy atom. The van der Waals surface area contributed by atoms with Crippen molar-refractivity contribution in [1.29, 1.82) is 0 Å². The van der Waals surface area contributed by atoms with Crippen molar-refractivity contribution in [3.05, 3.63) is 53.2 Å². The number of halogens is 1. The number of aliphatic hydroxyl groups excluding tert-OH is 1. The van der Waals surface area contributed by atoms with Crippen LogP contribution in [0.1, 0.15) is 5.56 Å². The summed E-state index contributed by atoms with van der Waals surface area (Å²) in [6, 6.07) is 11.2. The van der Waals surface area contributed by atoms with E-state index >= 15 is 0 Å². The second kappa shape index (κ2) is 5.21. The largest absolute Gasteiger partial charge is 0.392 e. The molecule has 0 radical (unpaired) electrons. The third-order valence-corrected chi connectivity index (χ3v) is 3.99. The molecule has 6 heteroatoms. The average Bonchev–Trinajstić information content (AvgIpc) is 2.84. The molecular weight excluding hydrogens is 282 g/mol. The highest BCUT2D eigenvalue weighted by Gasteiger charge is 2.10. The first-order chi connectivity index (χ1) is 9.28. The fourth-order valence-electron chi connectivity index (χ4n) is 1.76. The molecule has 1 aromatic carbocycles. The zero-order chi connectivity index (χ0) is 13.2. The highest BCUT2D eigenvalue weighted by Crippen LogP contribution is 2.31. The third kappa shape index (κ3) is 2.45. The summed E-state index contributed by atoms with van der Waals surface area (Å²) in [5.74, 6) is 0. The minimum Gasteiger partial charge on any atom is -0.392 e. The van der Waals surface area contributed by atoms with Gasteiger partial charge in [0.2, 0.25) is 0 Å². The number of fused-ring (bicyclic) bond motifs is 1. The summed E-state index contributed by atoms with van der Waals surface area (Å²) in [6.07, 6.45) is 1.91. The van der Waals surface area contributed by atoms with E-state index in [4.69, 9.17) is 11.6 Å². The quantitative estimate of drug-likeness (QED) is 0.806. The smallest absolute Gasteiger partial charge is 0.200 e. The predicted molar refractivity (Wildman–Crippen MR) is 74.5 cm³/mol. The van der Waals surface area contributed by atoms with Crippen molar-refractivity contribution in [2.45, 2.75) is 16.7 Å². The third-order valence-electron chi connectivity index (χ3n) is 2.68. The second-order valence-electron chi connectivity index (χ2n) is 3.92. The van der Waals surface area contributed by atoms with Crippen LogP contribution < -0.4 is 0 Å². The zero-order valence-corrected chi connectivity index (χ0v) is 11.4. The van der Waals surface area contributed by atoms with Gasteiger partial charge in [-0.1, -0.05) is 17.7 Å². The van der Waals surface area contributed by atoms with E-state index in [2.05, 4.69) is 10.2 Å². The van der Waals surface area contributed by atoms with Crippen LogP contribution in [0.15, 0.2) is 52.6 Å². The molecule has 1 N–H and O–H groups in total. The van der Waals surface area contributed by atoms with Gasteiger partial charge in [0.25, 0.3) is 0 Å². The van der Waals surface area contributed by atoms with Gasteiger partial charge in [-0.15, -0.1) is 10.2 Å². The number of rotatable bonds is 3. The number of hydrogen-bond acceptors (Lipinski definition) is 4. The molecule has 4 nitrogen and oxygen atoms in total. The number of aliphatic hydroxyl groups is 1. The van der Waals surface area contributed by atoms with E-state index < -0.39 is 0 Å². The van der Waals surface area contributed by atoms with Crippen LogP contribution >= 0.6 is 23.4 Å². The van der Waals surface area contributed by atoms with Crippen LogP contribution in [0.2, 0.25) is 5.02 Å². The van der Waals surface area contributed by atoms with Crippen LogP contribution in [0.3, 0.4) is 0 Å². The van der Waals surface area contributed by atoms with Gasteiger partial charge in [-0.3, -0.25) is 4.40 Å². The van der Waals surface area contributed by atoms with Crippen molar-refractivity contribution in [2.24, 2.45) is 0 Å². The van der Waals surface area contributed by atoms with Crippen LogP contribution in [-0.2, 0) is 6.61 Å². The minimum atomic E-state index is -0.0559. The Morgan fingerprint density at radius 2 is 2.11 bits per heavy atom. The molecule has 3 rings (SSSR count). The molecule has 0 atom stereocenters. The van der Waals surface area contributed by atoms with Crippen LogP contribution in [0.5, 0.6) is 0 Å². The highest BCUT2D eigenvalue weighted by molar-refractivity contribution is 7.99. The summed E-state index contributed by atoms with van der Waals surface area (Å²) in [6.45, 7) is -0.0559. The van der Waals surface area contributed by atoms with Gasteiger partial charge in [-0.25, -0.2) is 0 Å². The molecule has 0 aliphatic heterocycles. The van der Waals surface area contributed by atoms with Gasteiger partial charge in [-0.05, 0) is 47.7 Å². The van der Waals surface area contributed by atoms with Gasteiger partial charge in [0.15, 0.2) is 10.8 Å². The Labute approximate surface area is 119 Å². The molecule has 0 spiro atoms. The van der Waals surface area contributed by atoms with Crippen molar-refractivity contribution < 1.29 is 5.11 Å². The van der Waals surface area contributed by atoms with E-state index in [-0.39, 0.29) is 6.61 Å². The normalized spacial score (nSPS) is 11.1. The Hall–Kier alpha value is -1.56. The Kier molecular flexibility index (Phi) is 3.42. The molecule has 0 aliphatic carbocycles. The van der Waals surface area contributed by atoms with Gasteiger partial charge >= 0.3 is 0 Å². The number of nitrogens with zero attached hydrogens (tertiary/aromatic N) is 3. The van der Waals surface area contributed by atoms with Crippen LogP contribution in [0.25, 0.3) is 5.65 Å². The van der Waals surface area contributed by atoms with Gasteiger partial charge in [0, 0.05) is 16.1 Å². The molecule has 2 heterocycles. The Balaban J connectivity index is 2.01. The molecule has 0 saturated carbocycles. The number of aromatic nitrogens is 3. The maximum atomic E-state index is 9.37. The number of pyridine rings is 1. The summed E-state index contributed by atoms with van der Waals surface area (Å²) >= 11 is 7.37. The maximum absolute atomic E-state index is 9.37. The van der Waals surface area contributed by atoms with Crippen LogP contribution in [0.4, 0.5) is 0 Å². The first kappa shape index (κ1) is 12.5. The van der Waals surface area contributed by atoms with Crippen molar-refractivity contribution >= 4 is 29.0 Å². The molecule has 2 aromatic heterocycles. The molecule has 0 fully saturated rings. The van der Waals surface area contributed by atoms with Crippen molar-refractivity contribution in [2.75, 3.05) is 0 Å². The first-order valence-electron chi connectivity index (χ1n) is 5.65. The summed E-state index contributed by atoms with van der Waals surface area (Å²) in [4.78, 5) is 0.921. The lowest BCUT2D eigenvalue weighted by atomic mass is 10.2. The van der Waals surface area contributed by atoms with Crippen LogP contribution in [-0.4, -0.2) is 19.7 Å².